The monoisotopic (exact) mass is 536 g/mol. The van der Waals surface area contributed by atoms with Crippen molar-refractivity contribution >= 4 is 35.6 Å². The fourth-order valence-corrected chi connectivity index (χ4v) is 4.07. The first kappa shape index (κ1) is 30.0. The third-order valence-corrected chi connectivity index (χ3v) is 6.03. The highest BCUT2D eigenvalue weighted by molar-refractivity contribution is 5.94. The van der Waals surface area contributed by atoms with Crippen LogP contribution in [-0.4, -0.2) is 92.8 Å². The number of nitrogens with two attached hydrogens (primary N) is 4. The lowest BCUT2D eigenvalue weighted by atomic mass is 10.1. The Balaban J connectivity index is 2.11. The number of carboxylic acids is 1. The molecule has 1 saturated heterocycles. The van der Waals surface area contributed by atoms with Gasteiger partial charge < -0.3 is 48.6 Å². The van der Waals surface area contributed by atoms with E-state index in [0.717, 1.165) is 0 Å². The van der Waals surface area contributed by atoms with Crippen LogP contribution in [0.1, 0.15) is 44.2 Å². The van der Waals surface area contributed by atoms with E-state index in [1.165, 1.54) is 17.4 Å². The van der Waals surface area contributed by atoms with Crippen LogP contribution in [-0.2, 0) is 30.4 Å². The molecule has 2 heterocycles. The van der Waals surface area contributed by atoms with E-state index in [-0.39, 0.29) is 44.7 Å². The van der Waals surface area contributed by atoms with E-state index in [2.05, 4.69) is 25.6 Å². The number of imidazole rings is 1. The van der Waals surface area contributed by atoms with E-state index < -0.39 is 53.8 Å². The molecule has 16 heteroatoms. The van der Waals surface area contributed by atoms with Gasteiger partial charge in [-0.2, -0.15) is 0 Å². The number of nitrogens with one attached hydrogen (secondary N) is 3. The Morgan fingerprint density at radius 3 is 2.50 bits per heavy atom. The average Bonchev–Trinajstić information content (AvgIpc) is 3.55. The standard InChI is InChI=1S/C22H36N10O6/c23-13(5-6-17(24)33)20(36)32-8-2-4-16(32)19(35)30-14(3-1-7-28-22(25)26)18(34)31-15(21(37)38)9-12-10-27-11-29-12/h10-11,13-16H,1-9,23H2,(H2,24,33)(H,27,29)(H,30,35)(H,31,34)(H,37,38)(H4,25,26,28). The van der Waals surface area contributed by atoms with Gasteiger partial charge in [0.15, 0.2) is 5.96 Å². The Bertz CT molecular complexity index is 1010. The van der Waals surface area contributed by atoms with Gasteiger partial charge in [-0.15, -0.1) is 0 Å². The number of amides is 4. The topological polar surface area (TPSA) is 278 Å². The Morgan fingerprint density at radius 2 is 1.89 bits per heavy atom. The van der Waals surface area contributed by atoms with E-state index in [0.29, 0.717) is 25.0 Å². The summed E-state index contributed by atoms with van der Waals surface area (Å²) in [5, 5.41) is 14.7. The number of carbonyl (C=O) groups is 5. The molecule has 16 nitrogen and oxygen atoms in total. The van der Waals surface area contributed by atoms with E-state index in [1.54, 1.807) is 0 Å². The maximum atomic E-state index is 13.2. The first-order valence-corrected chi connectivity index (χ1v) is 12.2. The minimum Gasteiger partial charge on any atom is -0.480 e. The molecule has 1 aromatic heterocycles. The summed E-state index contributed by atoms with van der Waals surface area (Å²) in [7, 11) is 0. The maximum absolute atomic E-state index is 13.2. The highest BCUT2D eigenvalue weighted by atomic mass is 16.4. The quantitative estimate of drug-likeness (QED) is 0.0626. The predicted octanol–water partition coefficient (Wildman–Crippen LogP) is -3.36. The molecule has 4 unspecified atom stereocenters. The summed E-state index contributed by atoms with van der Waals surface area (Å²) in [5.74, 6) is -3.79. The number of hydrogen-bond donors (Lipinski definition) is 8. The van der Waals surface area contributed by atoms with Crippen molar-refractivity contribution in [3.8, 4) is 0 Å². The van der Waals surface area contributed by atoms with Crippen molar-refractivity contribution in [2.24, 2.45) is 27.9 Å². The van der Waals surface area contributed by atoms with Gasteiger partial charge in [-0.05, 0) is 32.1 Å². The van der Waals surface area contributed by atoms with E-state index in [1.807, 2.05) is 0 Å². The fraction of sp³-hybridized carbons (Fsp3) is 0.591. The molecule has 38 heavy (non-hydrogen) atoms. The Hall–Kier alpha value is -4.21. The zero-order valence-electron chi connectivity index (χ0n) is 21.0. The summed E-state index contributed by atoms with van der Waals surface area (Å²) in [6.07, 6.45) is 4.04. The van der Waals surface area contributed by atoms with Gasteiger partial charge in [0.05, 0.1) is 12.4 Å². The molecule has 1 aliphatic heterocycles. The molecule has 1 aliphatic rings. The summed E-state index contributed by atoms with van der Waals surface area (Å²) in [6.45, 7) is 0.467. The van der Waals surface area contributed by atoms with Crippen LogP contribution in [0.5, 0.6) is 0 Å². The van der Waals surface area contributed by atoms with Gasteiger partial charge in [-0.25, -0.2) is 9.78 Å². The van der Waals surface area contributed by atoms with Crippen molar-refractivity contribution in [1.82, 2.24) is 25.5 Å². The number of nitrogens with zero attached hydrogens (tertiary/aromatic N) is 3. The van der Waals surface area contributed by atoms with Gasteiger partial charge in [-0.1, -0.05) is 0 Å². The molecule has 1 aromatic rings. The second-order valence-corrected chi connectivity index (χ2v) is 8.99. The zero-order chi connectivity index (χ0) is 28.2. The van der Waals surface area contributed by atoms with Gasteiger partial charge in [0.2, 0.25) is 23.6 Å². The zero-order valence-corrected chi connectivity index (χ0v) is 21.0. The Kier molecular flexibility index (Phi) is 11.5. The summed E-state index contributed by atoms with van der Waals surface area (Å²) < 4.78 is 0. The molecule has 210 valence electrons. The number of aromatic nitrogens is 2. The van der Waals surface area contributed by atoms with Crippen LogP contribution in [0.25, 0.3) is 0 Å². The van der Waals surface area contributed by atoms with Crippen molar-refractivity contribution in [2.45, 2.75) is 69.1 Å². The van der Waals surface area contributed by atoms with Crippen molar-refractivity contribution in [3.05, 3.63) is 18.2 Å². The summed E-state index contributed by atoms with van der Waals surface area (Å²) in [5.41, 5.74) is 22.2. The Morgan fingerprint density at radius 1 is 1.16 bits per heavy atom. The third-order valence-electron chi connectivity index (χ3n) is 6.03. The SMILES string of the molecule is NC(=O)CCC(N)C(=O)N1CCCC1C(=O)NC(CCCN=C(N)N)C(=O)NC(Cc1cnc[nH]1)C(=O)O. The number of likely N-dealkylation sites (tertiary alicyclic amines) is 1. The second kappa shape index (κ2) is 14.5. The molecular weight excluding hydrogens is 500 g/mol. The van der Waals surface area contributed by atoms with Crippen LogP contribution in [0, 0.1) is 0 Å². The molecule has 4 atom stereocenters. The molecule has 1 fully saturated rings. The molecule has 4 amide bonds. The molecule has 0 bridgehead atoms. The number of aliphatic carboxylic acids is 1. The van der Waals surface area contributed by atoms with Crippen LogP contribution in [0.2, 0.25) is 0 Å². The molecule has 12 N–H and O–H groups in total. The first-order valence-electron chi connectivity index (χ1n) is 12.2. The number of primary amides is 1. The molecule has 0 radical (unpaired) electrons. The van der Waals surface area contributed by atoms with Crippen molar-refractivity contribution in [3.63, 3.8) is 0 Å². The van der Waals surface area contributed by atoms with E-state index >= 15 is 0 Å². The minimum atomic E-state index is -1.28. The predicted molar refractivity (Wildman–Crippen MR) is 135 cm³/mol. The van der Waals surface area contributed by atoms with Gasteiger partial charge in [-0.3, -0.25) is 24.2 Å². The number of carboxylic acid groups (broad SMARTS) is 1. The molecule has 0 spiro atoms. The van der Waals surface area contributed by atoms with Crippen molar-refractivity contribution in [2.75, 3.05) is 13.1 Å². The number of aliphatic imine (C=N–C) groups is 1. The minimum absolute atomic E-state index is 0.0434. The highest BCUT2D eigenvalue weighted by Gasteiger charge is 2.38. The molecule has 0 saturated carbocycles. The lowest BCUT2D eigenvalue weighted by Crippen LogP contribution is -2.56. The Labute approximate surface area is 219 Å². The maximum Gasteiger partial charge on any atom is 0.326 e. The third kappa shape index (κ3) is 9.34. The van der Waals surface area contributed by atoms with Crippen LogP contribution in [0.4, 0.5) is 0 Å². The fourth-order valence-electron chi connectivity index (χ4n) is 4.07. The van der Waals surface area contributed by atoms with Crippen LogP contribution in [0.15, 0.2) is 17.5 Å². The summed E-state index contributed by atoms with van der Waals surface area (Å²) in [6, 6.07) is -4.29. The van der Waals surface area contributed by atoms with Gasteiger partial charge in [0.25, 0.3) is 0 Å². The van der Waals surface area contributed by atoms with Gasteiger partial charge >= 0.3 is 5.97 Å². The highest BCUT2D eigenvalue weighted by Crippen LogP contribution is 2.19. The lowest BCUT2D eigenvalue weighted by Gasteiger charge is -2.28. The molecule has 0 aliphatic carbocycles. The van der Waals surface area contributed by atoms with Crippen LogP contribution in [0.3, 0.4) is 0 Å². The van der Waals surface area contributed by atoms with Crippen molar-refractivity contribution in [1.29, 1.82) is 0 Å². The van der Waals surface area contributed by atoms with Crippen LogP contribution >= 0.6 is 0 Å². The largest absolute Gasteiger partial charge is 0.480 e. The number of rotatable bonds is 15. The number of H-pyrrole nitrogens is 1. The number of hydrogen-bond acceptors (Lipinski definition) is 8. The normalized spacial score (nSPS) is 17.2. The second-order valence-electron chi connectivity index (χ2n) is 8.99. The van der Waals surface area contributed by atoms with E-state index in [4.69, 9.17) is 22.9 Å². The molecule has 2 rings (SSSR count). The van der Waals surface area contributed by atoms with E-state index in [9.17, 15) is 29.1 Å². The number of guanidine groups is 1. The molecular formula is C22H36N10O6. The summed E-state index contributed by atoms with van der Waals surface area (Å²) in [4.78, 5) is 73.7. The van der Waals surface area contributed by atoms with Gasteiger partial charge in [0, 0.05) is 37.8 Å². The smallest absolute Gasteiger partial charge is 0.326 e. The summed E-state index contributed by atoms with van der Waals surface area (Å²) >= 11 is 0. The van der Waals surface area contributed by atoms with Crippen molar-refractivity contribution < 1.29 is 29.1 Å². The van der Waals surface area contributed by atoms with Gasteiger partial charge in [0.1, 0.15) is 18.1 Å². The number of aromatic amines is 1. The average molecular weight is 537 g/mol. The first-order chi connectivity index (χ1) is 18.0. The lowest BCUT2D eigenvalue weighted by molar-refractivity contribution is -0.143. The van der Waals surface area contributed by atoms with Crippen LogP contribution < -0.4 is 33.6 Å². The molecule has 0 aromatic carbocycles. The number of carbonyl (C=O) groups excluding carboxylic acids is 4.